The number of aromatic nitrogens is 2. The molecule has 2 aromatic heterocycles. The molecule has 0 saturated carbocycles. The summed E-state index contributed by atoms with van der Waals surface area (Å²) in [5, 5.41) is 3.66. The van der Waals surface area contributed by atoms with Crippen LogP contribution in [0.5, 0.6) is 0 Å². The Bertz CT molecular complexity index is 1220. The van der Waals surface area contributed by atoms with Crippen molar-refractivity contribution >= 4 is 56.6 Å². The van der Waals surface area contributed by atoms with Crippen molar-refractivity contribution in [2.24, 2.45) is 0 Å². The Hall–Kier alpha value is -3.23. The van der Waals surface area contributed by atoms with Gasteiger partial charge < -0.3 is 10.2 Å². The Balaban J connectivity index is 1.29. The Morgan fingerprint density at radius 3 is 2.73 bits per heavy atom. The molecule has 1 aliphatic heterocycles. The lowest BCUT2D eigenvalue weighted by Crippen LogP contribution is -2.41. The van der Waals surface area contributed by atoms with E-state index in [1.165, 1.54) is 16.7 Å². The molecular formula is C22H16N4O2S2. The third-order valence-corrected chi connectivity index (χ3v) is 6.81. The Morgan fingerprint density at radius 2 is 1.90 bits per heavy atom. The SMILES string of the molecule is O=C(CN1C(=O)CSc2ccccc21)Nc1ccc(-c2nc3ccccc3s2)cn1. The fourth-order valence-electron chi connectivity index (χ4n) is 3.24. The molecule has 0 saturated heterocycles. The number of hydrogen-bond acceptors (Lipinski definition) is 6. The lowest BCUT2D eigenvalue weighted by molar-refractivity contribution is -0.120. The van der Waals surface area contributed by atoms with Crippen LogP contribution in [-0.4, -0.2) is 34.1 Å². The van der Waals surface area contributed by atoms with Crippen LogP contribution >= 0.6 is 23.1 Å². The summed E-state index contributed by atoms with van der Waals surface area (Å²) in [6, 6.07) is 19.2. The predicted molar refractivity (Wildman–Crippen MR) is 121 cm³/mol. The van der Waals surface area contributed by atoms with E-state index in [1.54, 1.807) is 23.6 Å². The number of amides is 2. The molecule has 8 heteroatoms. The molecule has 0 radical (unpaired) electrons. The number of thioether (sulfide) groups is 1. The van der Waals surface area contributed by atoms with Gasteiger partial charge in [0, 0.05) is 16.7 Å². The molecule has 0 bridgehead atoms. The van der Waals surface area contributed by atoms with E-state index in [9.17, 15) is 9.59 Å². The largest absolute Gasteiger partial charge is 0.309 e. The van der Waals surface area contributed by atoms with Gasteiger partial charge in [-0.15, -0.1) is 23.1 Å². The van der Waals surface area contributed by atoms with Gasteiger partial charge >= 0.3 is 0 Å². The number of rotatable bonds is 4. The summed E-state index contributed by atoms with van der Waals surface area (Å²) in [4.78, 5) is 36.4. The molecule has 2 aromatic carbocycles. The van der Waals surface area contributed by atoms with E-state index in [0.29, 0.717) is 11.6 Å². The molecule has 2 amide bonds. The van der Waals surface area contributed by atoms with Crippen LogP contribution in [0.1, 0.15) is 0 Å². The number of fused-ring (bicyclic) bond motifs is 2. The molecule has 5 rings (SSSR count). The first-order chi connectivity index (χ1) is 14.7. The first-order valence-corrected chi connectivity index (χ1v) is 11.1. The smallest absolute Gasteiger partial charge is 0.245 e. The first kappa shape index (κ1) is 18.8. The number of thiazole rings is 1. The lowest BCUT2D eigenvalue weighted by Gasteiger charge is -2.28. The van der Waals surface area contributed by atoms with Crippen molar-refractivity contribution in [2.75, 3.05) is 22.5 Å². The molecule has 0 aliphatic carbocycles. The molecule has 1 aliphatic rings. The fourth-order valence-corrected chi connectivity index (χ4v) is 5.13. The predicted octanol–water partition coefficient (Wildman–Crippen LogP) is 4.44. The zero-order valence-corrected chi connectivity index (χ0v) is 17.4. The Kier molecular flexibility index (Phi) is 4.94. The highest BCUT2D eigenvalue weighted by Crippen LogP contribution is 2.35. The van der Waals surface area contributed by atoms with Crippen LogP contribution in [0.4, 0.5) is 11.5 Å². The fraction of sp³-hybridized carbons (Fsp3) is 0.0909. The molecule has 0 spiro atoms. The summed E-state index contributed by atoms with van der Waals surface area (Å²) < 4.78 is 1.12. The number of carbonyl (C=O) groups is 2. The highest BCUT2D eigenvalue weighted by molar-refractivity contribution is 8.00. The van der Waals surface area contributed by atoms with Crippen molar-refractivity contribution < 1.29 is 9.59 Å². The van der Waals surface area contributed by atoms with E-state index >= 15 is 0 Å². The van der Waals surface area contributed by atoms with Crippen molar-refractivity contribution in [3.63, 3.8) is 0 Å². The van der Waals surface area contributed by atoms with Crippen LogP contribution in [0.2, 0.25) is 0 Å². The molecule has 30 heavy (non-hydrogen) atoms. The monoisotopic (exact) mass is 432 g/mol. The van der Waals surface area contributed by atoms with Crippen molar-refractivity contribution in [3.8, 4) is 10.6 Å². The highest BCUT2D eigenvalue weighted by atomic mass is 32.2. The number of benzene rings is 2. The van der Waals surface area contributed by atoms with Gasteiger partial charge in [0.25, 0.3) is 0 Å². The second-order valence-corrected chi connectivity index (χ2v) is 8.75. The maximum atomic E-state index is 12.5. The molecule has 6 nitrogen and oxygen atoms in total. The topological polar surface area (TPSA) is 75.2 Å². The maximum absolute atomic E-state index is 12.5. The summed E-state index contributed by atoms with van der Waals surface area (Å²) in [7, 11) is 0. The van der Waals surface area contributed by atoms with Crippen molar-refractivity contribution in [3.05, 3.63) is 66.9 Å². The minimum absolute atomic E-state index is 0.0439. The molecule has 3 heterocycles. The van der Waals surface area contributed by atoms with Crippen LogP contribution in [-0.2, 0) is 9.59 Å². The third-order valence-electron chi connectivity index (χ3n) is 4.68. The van der Waals surface area contributed by atoms with Gasteiger partial charge in [0.15, 0.2) is 0 Å². The average Bonchev–Trinajstić information content (AvgIpc) is 3.20. The van der Waals surface area contributed by atoms with Crippen LogP contribution < -0.4 is 10.2 Å². The number of hydrogen-bond donors (Lipinski definition) is 1. The van der Waals surface area contributed by atoms with Gasteiger partial charge in [-0.3, -0.25) is 9.59 Å². The summed E-state index contributed by atoms with van der Waals surface area (Å²) in [5.74, 6) is 0.412. The number of anilines is 2. The summed E-state index contributed by atoms with van der Waals surface area (Å²) in [6.07, 6.45) is 1.70. The quantitative estimate of drug-likeness (QED) is 0.516. The van der Waals surface area contributed by atoms with Gasteiger partial charge in [0.2, 0.25) is 11.8 Å². The second kappa shape index (κ2) is 7.89. The van der Waals surface area contributed by atoms with E-state index in [-0.39, 0.29) is 18.4 Å². The van der Waals surface area contributed by atoms with Crippen molar-refractivity contribution in [1.82, 2.24) is 9.97 Å². The molecule has 0 unspecified atom stereocenters. The lowest BCUT2D eigenvalue weighted by atomic mass is 10.2. The van der Waals surface area contributed by atoms with Crippen LogP contribution in [0.25, 0.3) is 20.8 Å². The number of nitrogens with one attached hydrogen (secondary N) is 1. The summed E-state index contributed by atoms with van der Waals surface area (Å²) >= 11 is 3.09. The van der Waals surface area contributed by atoms with Gasteiger partial charge in [-0.1, -0.05) is 24.3 Å². The van der Waals surface area contributed by atoms with Gasteiger partial charge in [0.05, 0.1) is 21.7 Å². The molecular weight excluding hydrogens is 416 g/mol. The number of pyridine rings is 1. The van der Waals surface area contributed by atoms with Gasteiger partial charge in [0.1, 0.15) is 17.4 Å². The van der Waals surface area contributed by atoms with Crippen molar-refractivity contribution in [1.29, 1.82) is 0 Å². The molecule has 0 atom stereocenters. The van der Waals surface area contributed by atoms with Gasteiger partial charge in [-0.25, -0.2) is 9.97 Å². The zero-order valence-electron chi connectivity index (χ0n) is 15.7. The minimum atomic E-state index is -0.287. The molecule has 0 fully saturated rings. The van der Waals surface area contributed by atoms with Crippen LogP contribution in [0.3, 0.4) is 0 Å². The van der Waals surface area contributed by atoms with Crippen LogP contribution in [0, 0.1) is 0 Å². The normalized spacial score (nSPS) is 13.3. The van der Waals surface area contributed by atoms with E-state index in [2.05, 4.69) is 15.3 Å². The maximum Gasteiger partial charge on any atom is 0.245 e. The number of carbonyl (C=O) groups excluding carboxylic acids is 2. The highest BCUT2D eigenvalue weighted by Gasteiger charge is 2.26. The third kappa shape index (κ3) is 3.67. The van der Waals surface area contributed by atoms with Gasteiger partial charge in [-0.2, -0.15) is 0 Å². The van der Waals surface area contributed by atoms with Gasteiger partial charge in [-0.05, 0) is 36.4 Å². The molecule has 1 N–H and O–H groups in total. The summed E-state index contributed by atoms with van der Waals surface area (Å²) in [5.41, 5.74) is 2.62. The minimum Gasteiger partial charge on any atom is -0.309 e. The number of nitrogens with zero attached hydrogens (tertiary/aromatic N) is 3. The van der Waals surface area contributed by atoms with Crippen LogP contribution in [0.15, 0.2) is 71.8 Å². The standard InChI is InChI=1S/C22H16N4O2S2/c27-20(12-26-16-6-2-4-8-18(16)29-13-21(26)28)25-19-10-9-14(11-23-19)22-24-15-5-1-3-7-17(15)30-22/h1-11H,12-13H2,(H,23,25,27). The second-order valence-electron chi connectivity index (χ2n) is 6.70. The van der Waals surface area contributed by atoms with E-state index < -0.39 is 0 Å². The Labute approximate surface area is 181 Å². The molecule has 148 valence electrons. The first-order valence-electron chi connectivity index (χ1n) is 9.31. The summed E-state index contributed by atoms with van der Waals surface area (Å²) in [6.45, 7) is -0.0439. The molecule has 4 aromatic rings. The zero-order chi connectivity index (χ0) is 20.5. The average molecular weight is 433 g/mol. The van der Waals surface area contributed by atoms with E-state index in [1.807, 2.05) is 54.6 Å². The Morgan fingerprint density at radius 1 is 1.07 bits per heavy atom. The van der Waals surface area contributed by atoms with Crippen molar-refractivity contribution in [2.45, 2.75) is 4.90 Å². The van der Waals surface area contributed by atoms with E-state index in [0.717, 1.165) is 31.4 Å². The number of para-hydroxylation sites is 2. The van der Waals surface area contributed by atoms with E-state index in [4.69, 9.17) is 0 Å².